The Bertz CT molecular complexity index is 550. The third-order valence-corrected chi connectivity index (χ3v) is 3.93. The molecule has 4 nitrogen and oxygen atoms in total. The van der Waals surface area contributed by atoms with Crippen LogP contribution in [-0.4, -0.2) is 19.7 Å². The zero-order chi connectivity index (χ0) is 11.9. The molecule has 0 aliphatic carbocycles. The fourth-order valence-corrected chi connectivity index (χ4v) is 1.84. The Kier molecular flexibility index (Phi) is 2.99. The molecular weight excluding hydrogens is 291 g/mol. The number of hydrogen-bond acceptors (Lipinski definition) is 3. The molecule has 0 radical (unpaired) electrons. The van der Waals surface area contributed by atoms with E-state index >= 15 is 0 Å². The van der Waals surface area contributed by atoms with Crippen molar-refractivity contribution in [2.45, 2.75) is 20.8 Å². The van der Waals surface area contributed by atoms with Crippen LogP contribution in [0.15, 0.2) is 10.8 Å². The Hall–Kier alpha value is -0.940. The van der Waals surface area contributed by atoms with Gasteiger partial charge in [-0.15, -0.1) is 0 Å². The van der Waals surface area contributed by atoms with Gasteiger partial charge in [0, 0.05) is 5.56 Å². The van der Waals surface area contributed by atoms with Crippen molar-refractivity contribution in [2.24, 2.45) is 0 Å². The molecule has 0 spiro atoms. The minimum absolute atomic E-state index is 0.452. The Labute approximate surface area is 107 Å². The topological polar surface area (TPSA) is 43.6 Å². The van der Waals surface area contributed by atoms with Crippen LogP contribution in [0, 0.1) is 20.8 Å². The van der Waals surface area contributed by atoms with E-state index in [1.165, 1.54) is 6.33 Å². The first-order valence-electron chi connectivity index (χ1n) is 4.71. The van der Waals surface area contributed by atoms with Gasteiger partial charge >= 0.3 is 0 Å². The average Bonchev–Trinajstić information content (AvgIpc) is 2.50. The lowest BCUT2D eigenvalue weighted by Gasteiger charge is -2.06. The van der Waals surface area contributed by atoms with E-state index in [1.807, 2.05) is 20.8 Å². The lowest BCUT2D eigenvalue weighted by Crippen LogP contribution is -2.05. The summed E-state index contributed by atoms with van der Waals surface area (Å²) in [5.41, 5.74) is 2.74. The van der Waals surface area contributed by atoms with Gasteiger partial charge in [-0.25, -0.2) is 14.6 Å². The number of hydrogen-bond donors (Lipinski definition) is 0. The predicted octanol–water partition coefficient (Wildman–Crippen LogP) is 3.00. The highest BCUT2D eigenvalue weighted by molar-refractivity contribution is 9.10. The summed E-state index contributed by atoms with van der Waals surface area (Å²) in [6.07, 6.45) is 1.44. The molecule has 0 saturated heterocycles. The lowest BCUT2D eigenvalue weighted by atomic mass is 10.3. The molecule has 0 amide bonds. The molecule has 6 heteroatoms. The van der Waals surface area contributed by atoms with Crippen molar-refractivity contribution >= 4 is 27.5 Å². The van der Waals surface area contributed by atoms with Crippen molar-refractivity contribution in [1.82, 2.24) is 19.7 Å². The van der Waals surface area contributed by atoms with Crippen molar-refractivity contribution in [3.05, 3.63) is 32.9 Å². The van der Waals surface area contributed by atoms with Crippen molar-refractivity contribution in [3.8, 4) is 5.82 Å². The van der Waals surface area contributed by atoms with E-state index in [4.69, 9.17) is 11.6 Å². The van der Waals surface area contributed by atoms with E-state index < -0.39 is 0 Å². The van der Waals surface area contributed by atoms with E-state index in [0.717, 1.165) is 21.4 Å². The van der Waals surface area contributed by atoms with Gasteiger partial charge < -0.3 is 0 Å². The summed E-state index contributed by atoms with van der Waals surface area (Å²) in [4.78, 5) is 8.13. The Morgan fingerprint density at radius 1 is 1.25 bits per heavy atom. The quantitative estimate of drug-likeness (QED) is 0.761. The Morgan fingerprint density at radius 3 is 2.50 bits per heavy atom. The summed E-state index contributed by atoms with van der Waals surface area (Å²) in [7, 11) is 0. The molecule has 0 aliphatic rings. The van der Waals surface area contributed by atoms with Gasteiger partial charge in [-0.2, -0.15) is 5.10 Å². The first kappa shape index (κ1) is 11.5. The Morgan fingerprint density at radius 2 is 1.94 bits per heavy atom. The third-order valence-electron chi connectivity index (χ3n) is 2.40. The van der Waals surface area contributed by atoms with Crippen LogP contribution in [0.3, 0.4) is 0 Å². The van der Waals surface area contributed by atoms with E-state index in [0.29, 0.717) is 11.0 Å². The van der Waals surface area contributed by atoms with E-state index in [2.05, 4.69) is 31.0 Å². The van der Waals surface area contributed by atoms with Gasteiger partial charge in [0.15, 0.2) is 5.82 Å². The molecule has 0 fully saturated rings. The standard InChI is InChI=1S/C10H10BrClN4/c1-5-9(12)13-4-14-10(5)16-7(3)8(11)6(2)15-16/h4H,1-3H3. The molecule has 84 valence electrons. The van der Waals surface area contributed by atoms with Crippen LogP contribution < -0.4 is 0 Å². The highest BCUT2D eigenvalue weighted by Gasteiger charge is 2.14. The van der Waals surface area contributed by atoms with Gasteiger partial charge in [-0.05, 0) is 36.7 Å². The molecule has 2 heterocycles. The molecule has 2 aromatic rings. The maximum Gasteiger partial charge on any atom is 0.161 e. The van der Waals surface area contributed by atoms with Gasteiger partial charge in [0.05, 0.1) is 15.9 Å². The summed E-state index contributed by atoms with van der Waals surface area (Å²) < 4.78 is 2.75. The van der Waals surface area contributed by atoms with E-state index in [-0.39, 0.29) is 0 Å². The Balaban J connectivity index is 2.68. The smallest absolute Gasteiger partial charge is 0.161 e. The monoisotopic (exact) mass is 300 g/mol. The zero-order valence-corrected chi connectivity index (χ0v) is 11.5. The fraction of sp³-hybridized carbons (Fsp3) is 0.300. The van der Waals surface area contributed by atoms with E-state index in [9.17, 15) is 0 Å². The minimum atomic E-state index is 0.452. The lowest BCUT2D eigenvalue weighted by molar-refractivity contribution is 0.792. The largest absolute Gasteiger partial charge is 0.224 e. The van der Waals surface area contributed by atoms with Gasteiger partial charge in [0.2, 0.25) is 0 Å². The molecule has 2 rings (SSSR count). The molecule has 0 N–H and O–H groups in total. The van der Waals surface area contributed by atoms with Gasteiger partial charge in [0.1, 0.15) is 11.5 Å². The highest BCUT2D eigenvalue weighted by Crippen LogP contribution is 2.24. The van der Waals surface area contributed by atoms with Gasteiger partial charge in [0.25, 0.3) is 0 Å². The summed E-state index contributed by atoms with van der Waals surface area (Å²) in [6, 6.07) is 0. The summed E-state index contributed by atoms with van der Waals surface area (Å²) in [5, 5.41) is 4.86. The number of aryl methyl sites for hydroxylation is 1. The first-order chi connectivity index (χ1) is 7.52. The van der Waals surface area contributed by atoms with Crippen molar-refractivity contribution in [3.63, 3.8) is 0 Å². The zero-order valence-electron chi connectivity index (χ0n) is 9.12. The average molecular weight is 302 g/mol. The molecular formula is C10H10BrClN4. The van der Waals surface area contributed by atoms with Crippen LogP contribution in [0.25, 0.3) is 5.82 Å². The van der Waals surface area contributed by atoms with Gasteiger partial charge in [-0.1, -0.05) is 11.6 Å². The van der Waals surface area contributed by atoms with Crippen molar-refractivity contribution in [2.75, 3.05) is 0 Å². The molecule has 16 heavy (non-hydrogen) atoms. The summed E-state index contributed by atoms with van der Waals surface area (Å²) in [6.45, 7) is 5.78. The maximum absolute atomic E-state index is 5.96. The first-order valence-corrected chi connectivity index (χ1v) is 5.88. The number of rotatable bonds is 1. The minimum Gasteiger partial charge on any atom is -0.224 e. The maximum atomic E-state index is 5.96. The van der Waals surface area contributed by atoms with E-state index in [1.54, 1.807) is 4.68 Å². The van der Waals surface area contributed by atoms with Crippen LogP contribution in [0.5, 0.6) is 0 Å². The molecule has 0 aliphatic heterocycles. The molecule has 0 unspecified atom stereocenters. The van der Waals surface area contributed by atoms with Crippen molar-refractivity contribution in [1.29, 1.82) is 0 Å². The molecule has 0 bridgehead atoms. The predicted molar refractivity (Wildman–Crippen MR) is 66.1 cm³/mol. The normalized spacial score (nSPS) is 10.8. The fourth-order valence-electron chi connectivity index (χ4n) is 1.46. The molecule has 0 atom stereocenters. The van der Waals surface area contributed by atoms with Gasteiger partial charge in [-0.3, -0.25) is 0 Å². The van der Waals surface area contributed by atoms with Crippen LogP contribution in [0.2, 0.25) is 5.15 Å². The molecule has 0 aromatic carbocycles. The second-order valence-electron chi connectivity index (χ2n) is 3.51. The van der Waals surface area contributed by atoms with Crippen LogP contribution in [-0.2, 0) is 0 Å². The number of halogens is 2. The highest BCUT2D eigenvalue weighted by atomic mass is 79.9. The van der Waals surface area contributed by atoms with Crippen LogP contribution in [0.1, 0.15) is 17.0 Å². The second kappa shape index (κ2) is 4.14. The second-order valence-corrected chi connectivity index (χ2v) is 4.66. The SMILES string of the molecule is Cc1nn(-c2ncnc(Cl)c2C)c(C)c1Br. The third kappa shape index (κ3) is 1.74. The number of aromatic nitrogens is 4. The summed E-state index contributed by atoms with van der Waals surface area (Å²) in [5.74, 6) is 0.714. The van der Waals surface area contributed by atoms with Crippen molar-refractivity contribution < 1.29 is 0 Å². The number of nitrogens with zero attached hydrogens (tertiary/aromatic N) is 4. The molecule has 0 saturated carbocycles. The molecule has 2 aromatic heterocycles. The van der Waals surface area contributed by atoms with Crippen LogP contribution >= 0.6 is 27.5 Å². The summed E-state index contributed by atoms with van der Waals surface area (Å²) >= 11 is 9.44. The van der Waals surface area contributed by atoms with Crippen LogP contribution in [0.4, 0.5) is 0 Å².